The Morgan fingerprint density at radius 2 is 1.67 bits per heavy atom. The smallest absolute Gasteiger partial charge is 0.323 e. The van der Waals surface area contributed by atoms with Gasteiger partial charge in [0, 0.05) is 35.5 Å². The molecule has 0 radical (unpaired) electrons. The van der Waals surface area contributed by atoms with Gasteiger partial charge in [0.1, 0.15) is 11.5 Å². The Kier molecular flexibility index (Phi) is 4.47. The highest BCUT2D eigenvalue weighted by Gasteiger charge is 2.08. The minimum Gasteiger partial charge on any atom is -0.497 e. The molecule has 2 amide bonds. The number of carbonyl (C=O) groups excluding carboxylic acids is 1. The number of methoxy groups -OCH3 is 2. The molecule has 3 rings (SSSR count). The van der Waals surface area contributed by atoms with Crippen molar-refractivity contribution in [3.63, 3.8) is 0 Å². The van der Waals surface area contributed by atoms with Gasteiger partial charge >= 0.3 is 6.03 Å². The van der Waals surface area contributed by atoms with Crippen LogP contribution in [0.5, 0.6) is 11.5 Å². The maximum Gasteiger partial charge on any atom is 0.323 e. The number of aromatic nitrogens is 1. The van der Waals surface area contributed by atoms with Crippen LogP contribution in [-0.4, -0.2) is 25.2 Å². The number of urea groups is 1. The van der Waals surface area contributed by atoms with Crippen LogP contribution in [0.4, 0.5) is 16.2 Å². The van der Waals surface area contributed by atoms with E-state index in [9.17, 15) is 4.79 Å². The first kappa shape index (κ1) is 15.6. The van der Waals surface area contributed by atoms with Crippen molar-refractivity contribution in [1.82, 2.24) is 4.98 Å². The summed E-state index contributed by atoms with van der Waals surface area (Å²) in [5.74, 6) is 1.19. The minimum absolute atomic E-state index is 0.372. The summed E-state index contributed by atoms with van der Waals surface area (Å²) in [6.07, 6.45) is 1.69. The molecular formula is C18H17N3O3. The first-order valence-electron chi connectivity index (χ1n) is 7.34. The lowest BCUT2D eigenvalue weighted by atomic mass is 10.2. The molecule has 3 aromatic rings. The van der Waals surface area contributed by atoms with Crippen LogP contribution in [0, 0.1) is 0 Å². The van der Waals surface area contributed by atoms with Gasteiger partial charge < -0.3 is 20.1 Å². The van der Waals surface area contributed by atoms with E-state index in [0.29, 0.717) is 22.9 Å². The normalized spacial score (nSPS) is 10.2. The van der Waals surface area contributed by atoms with E-state index in [1.54, 1.807) is 44.7 Å². The maximum absolute atomic E-state index is 12.3. The van der Waals surface area contributed by atoms with Crippen LogP contribution in [0.1, 0.15) is 0 Å². The molecule has 0 aliphatic carbocycles. The summed E-state index contributed by atoms with van der Waals surface area (Å²) >= 11 is 0. The quantitative estimate of drug-likeness (QED) is 0.764. The van der Waals surface area contributed by atoms with E-state index in [2.05, 4.69) is 15.6 Å². The molecule has 0 unspecified atom stereocenters. The Morgan fingerprint density at radius 3 is 2.38 bits per heavy atom. The average Bonchev–Trinajstić information content (AvgIpc) is 2.61. The summed E-state index contributed by atoms with van der Waals surface area (Å²) in [4.78, 5) is 16.6. The predicted molar refractivity (Wildman–Crippen MR) is 93.9 cm³/mol. The van der Waals surface area contributed by atoms with Gasteiger partial charge in [-0.3, -0.25) is 4.98 Å². The largest absolute Gasteiger partial charge is 0.497 e. The SMILES string of the molecule is COc1cc(NC(=O)Nc2cccc3cccnc23)cc(OC)c1. The minimum atomic E-state index is -0.372. The van der Waals surface area contributed by atoms with Crippen LogP contribution in [0.2, 0.25) is 0 Å². The lowest BCUT2D eigenvalue weighted by Crippen LogP contribution is -2.19. The Labute approximate surface area is 139 Å². The molecule has 122 valence electrons. The van der Waals surface area contributed by atoms with E-state index < -0.39 is 0 Å². The summed E-state index contributed by atoms with van der Waals surface area (Å²) in [5, 5.41) is 6.54. The average molecular weight is 323 g/mol. The van der Waals surface area contributed by atoms with Crippen molar-refractivity contribution < 1.29 is 14.3 Å². The molecule has 0 spiro atoms. The van der Waals surface area contributed by atoms with E-state index in [1.807, 2.05) is 24.3 Å². The Morgan fingerprint density at radius 1 is 0.958 bits per heavy atom. The second-order valence-electron chi connectivity index (χ2n) is 5.06. The highest BCUT2D eigenvalue weighted by Crippen LogP contribution is 2.26. The van der Waals surface area contributed by atoms with Gasteiger partial charge in [0.2, 0.25) is 0 Å². The zero-order valence-corrected chi connectivity index (χ0v) is 13.4. The number of rotatable bonds is 4. The molecule has 0 saturated heterocycles. The van der Waals surface area contributed by atoms with Crippen molar-refractivity contribution in [2.45, 2.75) is 0 Å². The number of para-hydroxylation sites is 1. The highest BCUT2D eigenvalue weighted by molar-refractivity contribution is 6.05. The van der Waals surface area contributed by atoms with Crippen LogP contribution in [0.25, 0.3) is 10.9 Å². The fourth-order valence-electron chi connectivity index (χ4n) is 2.37. The van der Waals surface area contributed by atoms with Gasteiger partial charge in [-0.25, -0.2) is 4.79 Å². The van der Waals surface area contributed by atoms with Gasteiger partial charge in [0.05, 0.1) is 25.4 Å². The fraction of sp³-hybridized carbons (Fsp3) is 0.111. The summed E-state index contributed by atoms with van der Waals surface area (Å²) in [7, 11) is 3.11. The molecular weight excluding hydrogens is 306 g/mol. The van der Waals surface area contributed by atoms with Gasteiger partial charge in [-0.15, -0.1) is 0 Å². The van der Waals surface area contributed by atoms with Crippen molar-refractivity contribution >= 4 is 28.3 Å². The number of fused-ring (bicyclic) bond motifs is 1. The number of hydrogen-bond donors (Lipinski definition) is 2. The molecule has 1 aromatic heterocycles. The summed E-state index contributed by atoms with van der Waals surface area (Å²) < 4.78 is 10.4. The predicted octanol–water partition coefficient (Wildman–Crippen LogP) is 3.90. The van der Waals surface area contributed by atoms with Crippen LogP contribution >= 0.6 is 0 Å². The summed E-state index contributed by atoms with van der Waals surface area (Å²) in [6.45, 7) is 0. The molecule has 0 atom stereocenters. The van der Waals surface area contributed by atoms with Gasteiger partial charge in [-0.05, 0) is 12.1 Å². The van der Waals surface area contributed by atoms with E-state index >= 15 is 0 Å². The first-order chi connectivity index (χ1) is 11.7. The number of benzene rings is 2. The van der Waals surface area contributed by atoms with Crippen LogP contribution in [0.15, 0.2) is 54.7 Å². The summed E-state index contributed by atoms with van der Waals surface area (Å²) in [5.41, 5.74) is 1.94. The molecule has 6 nitrogen and oxygen atoms in total. The second kappa shape index (κ2) is 6.87. The molecule has 6 heteroatoms. The first-order valence-corrected chi connectivity index (χ1v) is 7.34. The van der Waals surface area contributed by atoms with Gasteiger partial charge in [0.15, 0.2) is 0 Å². The highest BCUT2D eigenvalue weighted by atomic mass is 16.5. The second-order valence-corrected chi connectivity index (χ2v) is 5.06. The number of amides is 2. The topological polar surface area (TPSA) is 72.5 Å². The van der Waals surface area contributed by atoms with Crippen LogP contribution in [-0.2, 0) is 0 Å². The molecule has 0 saturated carbocycles. The van der Waals surface area contributed by atoms with Crippen molar-refractivity contribution in [1.29, 1.82) is 0 Å². The van der Waals surface area contributed by atoms with Crippen molar-refractivity contribution in [3.8, 4) is 11.5 Å². The molecule has 0 aliphatic heterocycles. The molecule has 2 N–H and O–H groups in total. The summed E-state index contributed by atoms with van der Waals surface area (Å²) in [6, 6.07) is 14.2. The van der Waals surface area contributed by atoms with Gasteiger partial charge in [-0.2, -0.15) is 0 Å². The molecule has 24 heavy (non-hydrogen) atoms. The number of carbonyl (C=O) groups is 1. The Hall–Kier alpha value is -3.28. The number of nitrogens with zero attached hydrogens (tertiary/aromatic N) is 1. The van der Waals surface area contributed by atoms with Crippen LogP contribution < -0.4 is 20.1 Å². The fourth-order valence-corrected chi connectivity index (χ4v) is 2.37. The van der Waals surface area contributed by atoms with Crippen molar-refractivity contribution in [2.24, 2.45) is 0 Å². The number of hydrogen-bond acceptors (Lipinski definition) is 4. The molecule has 2 aromatic carbocycles. The van der Waals surface area contributed by atoms with Gasteiger partial charge in [-0.1, -0.05) is 18.2 Å². The molecule has 0 aliphatic rings. The number of anilines is 2. The third kappa shape index (κ3) is 3.38. The van der Waals surface area contributed by atoms with Gasteiger partial charge in [0.25, 0.3) is 0 Å². The van der Waals surface area contributed by atoms with E-state index in [-0.39, 0.29) is 6.03 Å². The maximum atomic E-state index is 12.3. The molecule has 1 heterocycles. The molecule has 0 bridgehead atoms. The van der Waals surface area contributed by atoms with E-state index in [4.69, 9.17) is 9.47 Å². The number of nitrogens with one attached hydrogen (secondary N) is 2. The Bertz CT molecular complexity index is 853. The zero-order chi connectivity index (χ0) is 16.9. The van der Waals surface area contributed by atoms with Crippen LogP contribution in [0.3, 0.4) is 0 Å². The monoisotopic (exact) mass is 323 g/mol. The third-order valence-corrected chi connectivity index (χ3v) is 3.49. The van der Waals surface area contributed by atoms with E-state index in [0.717, 1.165) is 10.9 Å². The lowest BCUT2D eigenvalue weighted by molar-refractivity contribution is 0.262. The number of pyridine rings is 1. The van der Waals surface area contributed by atoms with Crippen molar-refractivity contribution in [2.75, 3.05) is 24.9 Å². The standard InChI is InChI=1S/C18H17N3O3/c1-23-14-9-13(10-15(11-14)24-2)20-18(22)21-16-7-3-5-12-6-4-8-19-17(12)16/h3-11H,1-2H3,(H2,20,21,22). The molecule has 0 fully saturated rings. The van der Waals surface area contributed by atoms with E-state index in [1.165, 1.54) is 0 Å². The third-order valence-electron chi connectivity index (χ3n) is 3.49. The lowest BCUT2D eigenvalue weighted by Gasteiger charge is -2.11. The van der Waals surface area contributed by atoms with Crippen molar-refractivity contribution in [3.05, 3.63) is 54.7 Å². The zero-order valence-electron chi connectivity index (χ0n) is 13.4. The Balaban J connectivity index is 1.80. The number of ether oxygens (including phenoxy) is 2.